The van der Waals surface area contributed by atoms with E-state index in [2.05, 4.69) is 38.3 Å². The van der Waals surface area contributed by atoms with Crippen LogP contribution >= 0.6 is 15.9 Å². The summed E-state index contributed by atoms with van der Waals surface area (Å²) in [5.41, 5.74) is 0.806. The number of fused-ring (bicyclic) bond motifs is 1. The van der Waals surface area contributed by atoms with Gasteiger partial charge in [0.1, 0.15) is 0 Å². The van der Waals surface area contributed by atoms with Crippen LogP contribution in [0.15, 0.2) is 40.9 Å². The highest BCUT2D eigenvalue weighted by molar-refractivity contribution is 9.10. The maximum absolute atomic E-state index is 13.1. The number of benzene rings is 2. The third-order valence-corrected chi connectivity index (χ3v) is 5.63. The summed E-state index contributed by atoms with van der Waals surface area (Å²) in [6.07, 6.45) is 1.08. The van der Waals surface area contributed by atoms with E-state index in [-0.39, 0.29) is 5.91 Å². The van der Waals surface area contributed by atoms with Gasteiger partial charge in [0.2, 0.25) is 0 Å². The first-order chi connectivity index (χ1) is 11.7. The van der Waals surface area contributed by atoms with Crippen molar-refractivity contribution in [1.82, 2.24) is 15.1 Å². The number of halogens is 1. The molecule has 0 bridgehead atoms. The van der Waals surface area contributed by atoms with Crippen LogP contribution in [0, 0.1) is 0 Å². The summed E-state index contributed by atoms with van der Waals surface area (Å²) in [4.78, 5) is 17.7. The highest BCUT2D eigenvalue weighted by atomic mass is 79.9. The minimum Gasteiger partial charge on any atom is -0.337 e. The number of nitrogens with one attached hydrogen (secondary N) is 1. The minimum absolute atomic E-state index is 0.158. The smallest absolute Gasteiger partial charge is 0.254 e. The van der Waals surface area contributed by atoms with Crippen molar-refractivity contribution in [1.29, 1.82) is 0 Å². The molecule has 2 aliphatic heterocycles. The van der Waals surface area contributed by atoms with Crippen LogP contribution < -0.4 is 5.32 Å². The Morgan fingerprint density at radius 1 is 1.12 bits per heavy atom. The van der Waals surface area contributed by atoms with Crippen LogP contribution in [0.1, 0.15) is 16.8 Å². The molecule has 24 heavy (non-hydrogen) atoms. The largest absolute Gasteiger partial charge is 0.337 e. The molecule has 4 nitrogen and oxygen atoms in total. The number of nitrogens with zero attached hydrogens (tertiary/aromatic N) is 2. The Hall–Kier alpha value is -1.43. The number of hydrogen-bond donors (Lipinski definition) is 1. The fraction of sp³-hybridized carbons (Fsp3) is 0.421. The van der Waals surface area contributed by atoms with E-state index in [0.29, 0.717) is 6.04 Å². The lowest BCUT2D eigenvalue weighted by atomic mass is 10.0. The van der Waals surface area contributed by atoms with Gasteiger partial charge in [0.15, 0.2) is 0 Å². The lowest BCUT2D eigenvalue weighted by molar-refractivity contribution is 0.0775. The van der Waals surface area contributed by atoms with Crippen molar-refractivity contribution in [2.45, 2.75) is 12.5 Å². The number of hydrogen-bond acceptors (Lipinski definition) is 3. The number of amides is 1. The van der Waals surface area contributed by atoms with Gasteiger partial charge in [-0.3, -0.25) is 9.69 Å². The van der Waals surface area contributed by atoms with Gasteiger partial charge in [-0.2, -0.15) is 0 Å². The van der Waals surface area contributed by atoms with E-state index < -0.39 is 0 Å². The van der Waals surface area contributed by atoms with E-state index in [9.17, 15) is 4.79 Å². The molecule has 1 atom stereocenters. The molecule has 5 heteroatoms. The summed E-state index contributed by atoms with van der Waals surface area (Å²) in [5.74, 6) is 0.158. The SMILES string of the molecule is O=C(c1cc(Br)cc2ccccc12)N1CCC(N2CCNCC2)C1. The molecule has 1 N–H and O–H groups in total. The normalized spacial score (nSPS) is 22.2. The Kier molecular flexibility index (Phi) is 4.57. The third-order valence-electron chi connectivity index (χ3n) is 5.18. The molecule has 126 valence electrons. The maximum atomic E-state index is 13.1. The average molecular weight is 388 g/mol. The topological polar surface area (TPSA) is 35.6 Å². The van der Waals surface area contributed by atoms with E-state index in [1.165, 1.54) is 0 Å². The van der Waals surface area contributed by atoms with E-state index in [1.807, 2.05) is 29.2 Å². The molecule has 0 radical (unpaired) electrons. The van der Waals surface area contributed by atoms with Gasteiger partial charge in [-0.1, -0.05) is 40.2 Å². The highest BCUT2D eigenvalue weighted by Crippen LogP contribution is 2.27. The van der Waals surface area contributed by atoms with Gasteiger partial charge in [-0.15, -0.1) is 0 Å². The zero-order valence-corrected chi connectivity index (χ0v) is 15.3. The van der Waals surface area contributed by atoms with Crippen molar-refractivity contribution in [3.8, 4) is 0 Å². The Labute approximate surface area is 150 Å². The van der Waals surface area contributed by atoms with Gasteiger partial charge in [0.25, 0.3) is 5.91 Å². The predicted octanol–water partition coefficient (Wildman–Crippen LogP) is 2.72. The van der Waals surface area contributed by atoms with Crippen molar-refractivity contribution in [2.75, 3.05) is 39.3 Å². The Bertz CT molecular complexity index is 757. The Balaban J connectivity index is 1.56. The second-order valence-corrected chi connectivity index (χ2v) is 7.57. The predicted molar refractivity (Wildman–Crippen MR) is 100 cm³/mol. The van der Waals surface area contributed by atoms with Gasteiger partial charge >= 0.3 is 0 Å². The van der Waals surface area contributed by atoms with Gasteiger partial charge in [-0.05, 0) is 29.3 Å². The summed E-state index contributed by atoms with van der Waals surface area (Å²) in [6, 6.07) is 12.7. The lowest BCUT2D eigenvalue weighted by Crippen LogP contribution is -2.49. The summed E-state index contributed by atoms with van der Waals surface area (Å²) in [5, 5.41) is 5.54. The number of carbonyl (C=O) groups is 1. The number of rotatable bonds is 2. The Morgan fingerprint density at radius 2 is 1.92 bits per heavy atom. The standard InChI is InChI=1S/C19H22BrN3O/c20-15-11-14-3-1-2-4-17(14)18(12-15)19(24)23-8-5-16(13-23)22-9-6-21-7-10-22/h1-4,11-12,16,21H,5-10,13H2. The molecule has 2 heterocycles. The molecule has 1 amide bonds. The Morgan fingerprint density at radius 3 is 2.75 bits per heavy atom. The van der Waals surface area contributed by atoms with E-state index in [4.69, 9.17) is 0 Å². The van der Waals surface area contributed by atoms with E-state index in [0.717, 1.165) is 66.5 Å². The molecule has 2 aromatic carbocycles. The van der Waals surface area contributed by atoms with Crippen LogP contribution in [-0.2, 0) is 0 Å². The molecule has 0 saturated carbocycles. The van der Waals surface area contributed by atoms with Crippen molar-refractivity contribution >= 4 is 32.6 Å². The minimum atomic E-state index is 0.158. The summed E-state index contributed by atoms with van der Waals surface area (Å²) >= 11 is 3.55. The molecular formula is C19H22BrN3O. The molecule has 2 aliphatic rings. The molecule has 2 fully saturated rings. The number of carbonyl (C=O) groups excluding carboxylic acids is 1. The lowest BCUT2D eigenvalue weighted by Gasteiger charge is -2.32. The molecule has 4 rings (SSSR count). The monoisotopic (exact) mass is 387 g/mol. The quantitative estimate of drug-likeness (QED) is 0.860. The first-order valence-corrected chi connectivity index (χ1v) is 9.44. The van der Waals surface area contributed by atoms with Crippen LogP contribution in [0.3, 0.4) is 0 Å². The molecule has 2 aromatic rings. The van der Waals surface area contributed by atoms with Crippen LogP contribution in [0.2, 0.25) is 0 Å². The van der Waals surface area contributed by atoms with E-state index >= 15 is 0 Å². The molecule has 0 aliphatic carbocycles. The summed E-state index contributed by atoms with van der Waals surface area (Å²) in [7, 11) is 0. The van der Waals surface area contributed by atoms with Crippen LogP contribution in [0.4, 0.5) is 0 Å². The second kappa shape index (κ2) is 6.82. The molecule has 0 aromatic heterocycles. The molecule has 0 spiro atoms. The third kappa shape index (κ3) is 3.08. The van der Waals surface area contributed by atoms with Gasteiger partial charge < -0.3 is 10.2 Å². The second-order valence-electron chi connectivity index (χ2n) is 6.65. The van der Waals surface area contributed by atoms with Gasteiger partial charge in [0.05, 0.1) is 0 Å². The maximum Gasteiger partial charge on any atom is 0.254 e. The van der Waals surface area contributed by atoms with Crippen LogP contribution in [0.5, 0.6) is 0 Å². The zero-order valence-electron chi connectivity index (χ0n) is 13.7. The summed E-state index contributed by atoms with van der Waals surface area (Å²) in [6.45, 7) is 5.99. The van der Waals surface area contributed by atoms with Crippen molar-refractivity contribution in [3.05, 3.63) is 46.4 Å². The molecule has 1 unspecified atom stereocenters. The van der Waals surface area contributed by atoms with Gasteiger partial charge in [-0.25, -0.2) is 0 Å². The fourth-order valence-electron chi connectivity index (χ4n) is 3.89. The zero-order chi connectivity index (χ0) is 16.5. The summed E-state index contributed by atoms with van der Waals surface area (Å²) < 4.78 is 0.961. The highest BCUT2D eigenvalue weighted by Gasteiger charge is 2.31. The first-order valence-electron chi connectivity index (χ1n) is 8.65. The fourth-order valence-corrected chi connectivity index (χ4v) is 4.37. The average Bonchev–Trinajstić information content (AvgIpc) is 3.11. The molecular weight excluding hydrogens is 366 g/mol. The number of piperazine rings is 1. The molecule has 2 saturated heterocycles. The van der Waals surface area contributed by atoms with Crippen molar-refractivity contribution in [3.63, 3.8) is 0 Å². The van der Waals surface area contributed by atoms with Crippen molar-refractivity contribution < 1.29 is 4.79 Å². The van der Waals surface area contributed by atoms with Crippen LogP contribution in [0.25, 0.3) is 10.8 Å². The van der Waals surface area contributed by atoms with Gasteiger partial charge in [0, 0.05) is 55.3 Å². The van der Waals surface area contributed by atoms with E-state index in [1.54, 1.807) is 0 Å². The van der Waals surface area contributed by atoms with Crippen LogP contribution in [-0.4, -0.2) is 61.0 Å². The first kappa shape index (κ1) is 16.1. The van der Waals surface area contributed by atoms with Crippen molar-refractivity contribution in [2.24, 2.45) is 0 Å². The number of likely N-dealkylation sites (tertiary alicyclic amines) is 1.